The first-order valence-corrected chi connectivity index (χ1v) is 9.01. The summed E-state index contributed by atoms with van der Waals surface area (Å²) >= 11 is 0. The van der Waals surface area contributed by atoms with Gasteiger partial charge < -0.3 is 9.84 Å². The fraction of sp³-hybridized carbons (Fsp3) is 0.167. The van der Waals surface area contributed by atoms with E-state index >= 15 is 0 Å². The molecule has 4 aromatic rings. The van der Waals surface area contributed by atoms with Gasteiger partial charge in [-0.25, -0.2) is 0 Å². The van der Waals surface area contributed by atoms with Gasteiger partial charge in [0.2, 0.25) is 0 Å². The summed E-state index contributed by atoms with van der Waals surface area (Å²) < 4.78 is 6.15. The second kappa shape index (κ2) is 7.93. The van der Waals surface area contributed by atoms with Gasteiger partial charge in [0, 0.05) is 11.1 Å². The smallest absolute Gasteiger partial charge is 0.127 e. The van der Waals surface area contributed by atoms with Crippen LogP contribution in [0, 0.1) is 5.92 Å². The minimum atomic E-state index is 0. The van der Waals surface area contributed by atoms with Crippen molar-refractivity contribution in [2.75, 3.05) is 6.61 Å². The topological polar surface area (TPSA) is 29.5 Å². The number of phenols is 1. The van der Waals surface area contributed by atoms with Crippen molar-refractivity contribution in [3.63, 3.8) is 0 Å². The van der Waals surface area contributed by atoms with Crippen LogP contribution in [0.15, 0.2) is 72.8 Å². The van der Waals surface area contributed by atoms with Crippen LogP contribution in [0.2, 0.25) is 0 Å². The van der Waals surface area contributed by atoms with E-state index in [2.05, 4.69) is 44.2 Å². The number of fused-ring (bicyclic) bond motifs is 2. The van der Waals surface area contributed by atoms with Crippen molar-refractivity contribution in [2.45, 2.75) is 13.8 Å². The maximum atomic E-state index is 10.8. The molecule has 0 atom stereocenters. The van der Waals surface area contributed by atoms with Crippen molar-refractivity contribution in [2.24, 2.45) is 5.92 Å². The van der Waals surface area contributed by atoms with Crippen molar-refractivity contribution in [1.29, 1.82) is 0 Å². The van der Waals surface area contributed by atoms with Crippen molar-refractivity contribution in [3.05, 3.63) is 72.8 Å². The molecule has 4 rings (SSSR count). The molecular formula is C24H24O2S. The highest BCUT2D eigenvalue weighted by Gasteiger charge is 2.17. The Kier molecular flexibility index (Phi) is 5.62. The zero-order valence-corrected chi connectivity index (χ0v) is 16.6. The van der Waals surface area contributed by atoms with Gasteiger partial charge in [0.05, 0.1) is 6.61 Å². The summed E-state index contributed by atoms with van der Waals surface area (Å²) in [5.41, 5.74) is 1.79. The van der Waals surface area contributed by atoms with Crippen LogP contribution < -0.4 is 4.74 Å². The molecule has 0 bridgehead atoms. The molecule has 2 nitrogen and oxygen atoms in total. The molecule has 0 amide bonds. The largest absolute Gasteiger partial charge is 0.507 e. The van der Waals surface area contributed by atoms with E-state index in [0.717, 1.165) is 38.4 Å². The summed E-state index contributed by atoms with van der Waals surface area (Å²) in [5.74, 6) is 1.51. The monoisotopic (exact) mass is 376 g/mol. The van der Waals surface area contributed by atoms with Crippen LogP contribution in [0.3, 0.4) is 0 Å². The highest BCUT2D eigenvalue weighted by molar-refractivity contribution is 7.59. The third kappa shape index (κ3) is 3.60. The van der Waals surface area contributed by atoms with Gasteiger partial charge in [0.1, 0.15) is 11.5 Å². The molecule has 0 spiro atoms. The van der Waals surface area contributed by atoms with Gasteiger partial charge in [-0.05, 0) is 39.6 Å². The van der Waals surface area contributed by atoms with E-state index in [1.165, 1.54) is 0 Å². The van der Waals surface area contributed by atoms with Crippen molar-refractivity contribution in [3.8, 4) is 22.6 Å². The van der Waals surface area contributed by atoms with E-state index in [9.17, 15) is 5.11 Å². The summed E-state index contributed by atoms with van der Waals surface area (Å²) in [6, 6.07) is 24.2. The molecule has 0 aliphatic heterocycles. The molecule has 0 radical (unpaired) electrons. The third-order valence-corrected chi connectivity index (χ3v) is 4.62. The number of hydrogen-bond acceptors (Lipinski definition) is 2. The van der Waals surface area contributed by atoms with Crippen molar-refractivity contribution >= 4 is 35.0 Å². The summed E-state index contributed by atoms with van der Waals surface area (Å²) in [5, 5.41) is 15.1. The number of phenolic OH excluding ortho intramolecular Hbond substituents is 1. The molecule has 0 heterocycles. The first-order valence-electron chi connectivity index (χ1n) is 9.01. The van der Waals surface area contributed by atoms with Gasteiger partial charge >= 0.3 is 0 Å². The number of aromatic hydroxyl groups is 1. The molecule has 0 saturated heterocycles. The average molecular weight is 377 g/mol. The summed E-state index contributed by atoms with van der Waals surface area (Å²) in [7, 11) is 0. The van der Waals surface area contributed by atoms with Crippen LogP contribution in [-0.2, 0) is 0 Å². The predicted octanol–water partition coefficient (Wildman–Crippen LogP) is 6.51. The van der Waals surface area contributed by atoms with Crippen molar-refractivity contribution < 1.29 is 9.84 Å². The van der Waals surface area contributed by atoms with Crippen LogP contribution in [0.25, 0.3) is 32.7 Å². The van der Waals surface area contributed by atoms with E-state index < -0.39 is 0 Å². The van der Waals surface area contributed by atoms with Gasteiger partial charge in [-0.3, -0.25) is 0 Å². The minimum absolute atomic E-state index is 0. The first kappa shape index (κ1) is 19.1. The fourth-order valence-electron chi connectivity index (χ4n) is 3.41. The first-order chi connectivity index (χ1) is 12.6. The Morgan fingerprint density at radius 1 is 0.741 bits per heavy atom. The number of rotatable bonds is 4. The molecule has 0 unspecified atom stereocenters. The minimum Gasteiger partial charge on any atom is -0.507 e. The van der Waals surface area contributed by atoms with Crippen LogP contribution in [0.4, 0.5) is 0 Å². The highest BCUT2D eigenvalue weighted by Crippen LogP contribution is 2.44. The molecule has 0 fully saturated rings. The lowest BCUT2D eigenvalue weighted by Gasteiger charge is -2.18. The number of ether oxygens (including phenoxy) is 1. The maximum Gasteiger partial charge on any atom is 0.127 e. The van der Waals surface area contributed by atoms with Crippen LogP contribution in [-0.4, -0.2) is 11.7 Å². The van der Waals surface area contributed by atoms with E-state index in [-0.39, 0.29) is 19.2 Å². The quantitative estimate of drug-likeness (QED) is 0.440. The average Bonchev–Trinajstić information content (AvgIpc) is 2.66. The Hall–Kier alpha value is -2.65. The van der Waals surface area contributed by atoms with Gasteiger partial charge in [0.25, 0.3) is 0 Å². The Morgan fingerprint density at radius 2 is 1.30 bits per heavy atom. The molecule has 138 valence electrons. The zero-order chi connectivity index (χ0) is 18.1. The van der Waals surface area contributed by atoms with E-state index in [1.54, 1.807) is 6.07 Å². The van der Waals surface area contributed by atoms with Gasteiger partial charge in [-0.2, -0.15) is 13.5 Å². The summed E-state index contributed by atoms with van der Waals surface area (Å²) in [6.45, 7) is 4.91. The lowest BCUT2D eigenvalue weighted by molar-refractivity contribution is 0.272. The molecule has 27 heavy (non-hydrogen) atoms. The Balaban J connectivity index is 0.00000210. The van der Waals surface area contributed by atoms with Crippen LogP contribution >= 0.6 is 13.5 Å². The zero-order valence-electron chi connectivity index (χ0n) is 15.6. The van der Waals surface area contributed by atoms with E-state index in [4.69, 9.17) is 4.74 Å². The van der Waals surface area contributed by atoms with Crippen LogP contribution in [0.5, 0.6) is 11.5 Å². The van der Waals surface area contributed by atoms with Crippen molar-refractivity contribution in [1.82, 2.24) is 0 Å². The molecule has 4 aromatic carbocycles. The van der Waals surface area contributed by atoms with Gasteiger partial charge in [-0.1, -0.05) is 74.5 Å². The number of benzene rings is 4. The predicted molar refractivity (Wildman–Crippen MR) is 119 cm³/mol. The third-order valence-electron chi connectivity index (χ3n) is 4.62. The normalized spacial score (nSPS) is 10.9. The molecule has 3 heteroatoms. The van der Waals surface area contributed by atoms with Gasteiger partial charge in [-0.15, -0.1) is 0 Å². The van der Waals surface area contributed by atoms with E-state index in [1.807, 2.05) is 36.4 Å². The Labute approximate surface area is 166 Å². The maximum absolute atomic E-state index is 10.8. The fourth-order valence-corrected chi connectivity index (χ4v) is 3.41. The molecule has 0 aromatic heterocycles. The SMILES string of the molecule is CC(C)COc1ccc2ccccc2c1-c1c(O)ccc2ccccc12.S. The van der Waals surface area contributed by atoms with E-state index in [0.29, 0.717) is 12.5 Å². The second-order valence-corrected chi connectivity index (χ2v) is 7.05. The molecule has 0 aliphatic carbocycles. The summed E-state index contributed by atoms with van der Waals surface area (Å²) in [6.07, 6.45) is 0. The second-order valence-electron chi connectivity index (χ2n) is 7.05. The molecule has 1 N–H and O–H groups in total. The highest BCUT2D eigenvalue weighted by atomic mass is 32.1. The Bertz CT molecular complexity index is 1090. The Morgan fingerprint density at radius 3 is 1.93 bits per heavy atom. The number of hydrogen-bond donors (Lipinski definition) is 1. The molecular weight excluding hydrogens is 352 g/mol. The molecule has 0 saturated carbocycles. The molecule has 0 aliphatic rings. The van der Waals surface area contributed by atoms with Gasteiger partial charge in [0.15, 0.2) is 0 Å². The lowest BCUT2D eigenvalue weighted by Crippen LogP contribution is -2.05. The lowest BCUT2D eigenvalue weighted by atomic mass is 9.92. The standard InChI is InChI=1S/C24H22O2.H2S/c1-16(2)15-26-22-14-12-18-8-4-6-10-20(18)24(22)23-19-9-5-3-7-17(19)11-13-21(23)25;/h3-14,16,25H,15H2,1-2H3;1H2. The van der Waals surface area contributed by atoms with Crippen LogP contribution in [0.1, 0.15) is 13.8 Å². The summed E-state index contributed by atoms with van der Waals surface area (Å²) in [4.78, 5) is 0.